The third-order valence-electron chi connectivity index (χ3n) is 13.6. The number of rotatable bonds is 8. The van der Waals surface area contributed by atoms with E-state index in [-0.39, 0.29) is 11.4 Å². The molecular formula is C50H44N4O8. The van der Waals surface area contributed by atoms with Gasteiger partial charge < -0.3 is 28.7 Å². The van der Waals surface area contributed by atoms with Crippen molar-refractivity contribution in [1.29, 1.82) is 0 Å². The Morgan fingerprint density at radius 1 is 0.565 bits per heavy atom. The van der Waals surface area contributed by atoms with E-state index in [4.69, 9.17) is 18.9 Å². The van der Waals surface area contributed by atoms with Crippen molar-refractivity contribution in [3.8, 4) is 23.0 Å². The summed E-state index contributed by atoms with van der Waals surface area (Å²) in [5, 5.41) is 25.8. The van der Waals surface area contributed by atoms with Gasteiger partial charge in [-0.25, -0.2) is 0 Å². The Balaban J connectivity index is 1.07. The molecule has 6 aromatic carbocycles. The quantitative estimate of drug-likeness (QED) is 0.108. The fourth-order valence-corrected chi connectivity index (χ4v) is 10.3. The number of fused-ring (bicyclic) bond motifs is 5. The van der Waals surface area contributed by atoms with Crippen LogP contribution in [0.3, 0.4) is 0 Å². The zero-order valence-corrected chi connectivity index (χ0v) is 35.2. The maximum atomic E-state index is 11.8. The zero-order chi connectivity index (χ0) is 43.3. The van der Waals surface area contributed by atoms with Gasteiger partial charge in [-0.05, 0) is 97.2 Å². The number of nitro groups is 2. The Labute approximate surface area is 358 Å². The Hall–Kier alpha value is -7.34. The summed E-state index contributed by atoms with van der Waals surface area (Å²) in [5.41, 5.74) is 4.29. The first-order valence-electron chi connectivity index (χ1n) is 20.5. The van der Waals surface area contributed by atoms with E-state index in [9.17, 15) is 20.2 Å². The predicted molar refractivity (Wildman–Crippen MR) is 239 cm³/mol. The molecule has 0 bridgehead atoms. The summed E-state index contributed by atoms with van der Waals surface area (Å²) in [6.07, 6.45) is 7.89. The second-order valence-electron chi connectivity index (χ2n) is 17.3. The van der Waals surface area contributed by atoms with Gasteiger partial charge in [0.1, 0.15) is 0 Å². The van der Waals surface area contributed by atoms with E-state index in [0.29, 0.717) is 47.2 Å². The summed E-state index contributed by atoms with van der Waals surface area (Å²) in [5.74, 6) is 1.49. The lowest BCUT2D eigenvalue weighted by Crippen LogP contribution is -2.59. The molecule has 2 unspecified atom stereocenters. The minimum absolute atomic E-state index is 0.0732. The predicted octanol–water partition coefficient (Wildman–Crippen LogP) is 10.9. The van der Waals surface area contributed by atoms with E-state index in [1.165, 1.54) is 38.5 Å². The van der Waals surface area contributed by atoms with Crippen molar-refractivity contribution in [1.82, 2.24) is 0 Å². The highest BCUT2D eigenvalue weighted by molar-refractivity contribution is 5.90. The molecule has 4 aliphatic rings. The van der Waals surface area contributed by atoms with Gasteiger partial charge in [-0.15, -0.1) is 0 Å². The van der Waals surface area contributed by atoms with E-state index in [1.54, 1.807) is 0 Å². The molecule has 0 N–H and O–H groups in total. The van der Waals surface area contributed by atoms with E-state index in [0.717, 1.165) is 44.4 Å². The molecule has 0 fully saturated rings. The lowest BCUT2D eigenvalue weighted by atomic mass is 9.76. The molecule has 0 radical (unpaired) electrons. The monoisotopic (exact) mass is 828 g/mol. The first kappa shape index (κ1) is 38.8. The Morgan fingerprint density at radius 3 is 1.35 bits per heavy atom. The second-order valence-corrected chi connectivity index (χ2v) is 17.3. The minimum atomic E-state index is -1.02. The number of nitrogens with zero attached hydrogens (tertiary/aromatic N) is 4. The van der Waals surface area contributed by atoms with Crippen LogP contribution in [0, 0.1) is 20.2 Å². The summed E-state index contributed by atoms with van der Waals surface area (Å²) < 4.78 is 25.7. The van der Waals surface area contributed by atoms with Crippen molar-refractivity contribution in [3.05, 3.63) is 175 Å². The molecule has 10 rings (SSSR count). The molecule has 6 aromatic rings. The highest BCUT2D eigenvalue weighted by Crippen LogP contribution is 2.59. The molecule has 2 spiro atoms. The standard InChI is InChI=1S/C50H44N4O8/c1-47(2)39-17-7-9-19-41(39)51(49(47)23-21-31-25-35(53(55)56)27-43(59-5)45(31)61-49)29-33-13-11-16-38-34(14-12-15-37(33)38)30-52-42-20-10-8-18-40(42)48(3,4)50(52)24-22-32-26-36(54(57)58)28-44(60-6)46(32)62-50/h7-28H,29-30H2,1-6H3. The van der Waals surface area contributed by atoms with Crippen LogP contribution in [0.5, 0.6) is 23.0 Å². The number of hydrogen-bond acceptors (Lipinski definition) is 10. The number of methoxy groups -OCH3 is 2. The number of benzene rings is 6. The van der Waals surface area contributed by atoms with Crippen molar-refractivity contribution in [2.24, 2.45) is 0 Å². The topological polar surface area (TPSA) is 130 Å². The molecule has 4 aliphatic heterocycles. The number of nitro benzene ring substituents is 2. The number of anilines is 2. The highest BCUT2D eigenvalue weighted by atomic mass is 16.6. The lowest BCUT2D eigenvalue weighted by molar-refractivity contribution is -0.385. The molecule has 2 atom stereocenters. The maximum Gasteiger partial charge on any atom is 0.274 e. The molecule has 0 amide bonds. The van der Waals surface area contributed by atoms with Gasteiger partial charge in [-0.1, -0.05) is 72.8 Å². The van der Waals surface area contributed by atoms with Gasteiger partial charge in [0.2, 0.25) is 11.4 Å². The van der Waals surface area contributed by atoms with Gasteiger partial charge in [0.15, 0.2) is 23.0 Å². The van der Waals surface area contributed by atoms with Crippen LogP contribution in [0.25, 0.3) is 22.9 Å². The second kappa shape index (κ2) is 13.6. The highest BCUT2D eigenvalue weighted by Gasteiger charge is 2.60. The van der Waals surface area contributed by atoms with E-state index < -0.39 is 32.1 Å². The third-order valence-corrected chi connectivity index (χ3v) is 13.6. The van der Waals surface area contributed by atoms with E-state index in [1.807, 2.05) is 48.6 Å². The molecule has 0 aromatic heterocycles. The number of hydrogen-bond donors (Lipinski definition) is 0. The minimum Gasteiger partial charge on any atom is -0.493 e. The van der Waals surface area contributed by atoms with E-state index in [2.05, 4.69) is 98.2 Å². The Morgan fingerprint density at radius 2 is 0.968 bits per heavy atom. The first-order chi connectivity index (χ1) is 29.7. The summed E-state index contributed by atoms with van der Waals surface area (Å²) >= 11 is 0. The van der Waals surface area contributed by atoms with E-state index >= 15 is 0 Å². The van der Waals surface area contributed by atoms with Gasteiger partial charge in [-0.3, -0.25) is 20.2 Å². The van der Waals surface area contributed by atoms with Gasteiger partial charge in [0, 0.05) is 47.7 Å². The van der Waals surface area contributed by atoms with Crippen LogP contribution >= 0.6 is 0 Å². The lowest BCUT2D eigenvalue weighted by Gasteiger charge is -2.47. The van der Waals surface area contributed by atoms with Gasteiger partial charge in [0.25, 0.3) is 11.4 Å². The summed E-state index contributed by atoms with van der Waals surface area (Å²) in [6.45, 7) is 9.64. The van der Waals surface area contributed by atoms with Crippen LogP contribution in [0.2, 0.25) is 0 Å². The normalized spacial score (nSPS) is 20.6. The summed E-state index contributed by atoms with van der Waals surface area (Å²) in [6, 6.07) is 35.4. The van der Waals surface area contributed by atoms with Crippen molar-refractivity contribution in [2.75, 3.05) is 24.0 Å². The van der Waals surface area contributed by atoms with Crippen LogP contribution in [0.1, 0.15) is 61.1 Å². The average molecular weight is 829 g/mol. The molecule has 12 nitrogen and oxygen atoms in total. The largest absolute Gasteiger partial charge is 0.493 e. The van der Waals surface area contributed by atoms with Crippen molar-refractivity contribution < 1.29 is 28.8 Å². The fraction of sp³-hybridized carbons (Fsp3) is 0.240. The van der Waals surface area contributed by atoms with Crippen LogP contribution in [-0.4, -0.2) is 35.5 Å². The van der Waals surface area contributed by atoms with Gasteiger partial charge in [-0.2, -0.15) is 0 Å². The molecule has 0 saturated heterocycles. The average Bonchev–Trinajstić information content (AvgIpc) is 3.56. The number of para-hydroxylation sites is 2. The maximum absolute atomic E-state index is 11.8. The summed E-state index contributed by atoms with van der Waals surface area (Å²) in [4.78, 5) is 27.4. The number of non-ortho nitro benzene ring substituents is 2. The Kier molecular flexibility index (Phi) is 8.51. The smallest absolute Gasteiger partial charge is 0.274 e. The molecule has 0 saturated carbocycles. The fourth-order valence-electron chi connectivity index (χ4n) is 10.3. The first-order valence-corrected chi connectivity index (χ1v) is 20.5. The van der Waals surface area contributed by atoms with Crippen LogP contribution < -0.4 is 28.7 Å². The molecule has 4 heterocycles. The van der Waals surface area contributed by atoms with Crippen molar-refractivity contribution in [2.45, 2.75) is 63.1 Å². The molecule has 62 heavy (non-hydrogen) atoms. The van der Waals surface area contributed by atoms with Crippen LogP contribution in [0.15, 0.2) is 121 Å². The molecule has 0 aliphatic carbocycles. The van der Waals surface area contributed by atoms with Crippen molar-refractivity contribution in [3.63, 3.8) is 0 Å². The van der Waals surface area contributed by atoms with Gasteiger partial charge in [0.05, 0.1) is 47.0 Å². The van der Waals surface area contributed by atoms with Crippen LogP contribution in [0.4, 0.5) is 22.7 Å². The van der Waals surface area contributed by atoms with Crippen molar-refractivity contribution >= 4 is 45.7 Å². The molecular weight excluding hydrogens is 785 g/mol. The van der Waals surface area contributed by atoms with Gasteiger partial charge >= 0.3 is 0 Å². The Bertz CT molecular complexity index is 2760. The zero-order valence-electron chi connectivity index (χ0n) is 35.2. The summed E-state index contributed by atoms with van der Waals surface area (Å²) in [7, 11) is 3.00. The van der Waals surface area contributed by atoms with Crippen LogP contribution in [-0.2, 0) is 23.9 Å². The third kappa shape index (κ3) is 5.31. The molecule has 12 heteroatoms. The SMILES string of the molecule is COc1cc([N+](=O)[O-])cc2c1OC1(C=C2)N(Cc2cccc3c(CN4c5ccccc5C(C)(C)C45C=Cc4cc([N+](=O)[O-])cc(OC)c4O5)cccc23)c2ccccc2C1(C)C. The number of ether oxygens (including phenoxy) is 4. The molecule has 312 valence electrons.